The first-order chi connectivity index (χ1) is 9.29. The largest absolute Gasteiger partial charge is 0.416 e. The van der Waals surface area contributed by atoms with Crippen molar-refractivity contribution in [3.8, 4) is 0 Å². The number of nitrogens with zero attached hydrogens (tertiary/aromatic N) is 1. The zero-order valence-electron chi connectivity index (χ0n) is 9.77. The Labute approximate surface area is 119 Å². The molecule has 21 heavy (non-hydrogen) atoms. The summed E-state index contributed by atoms with van der Waals surface area (Å²) in [5.41, 5.74) is -3.61. The number of hydrogen-bond donors (Lipinski definition) is 3. The molecule has 0 aliphatic heterocycles. The van der Waals surface area contributed by atoms with Crippen LogP contribution in [0.3, 0.4) is 0 Å². The van der Waals surface area contributed by atoms with Gasteiger partial charge < -0.3 is 15.1 Å². The maximum Gasteiger partial charge on any atom is 0.416 e. The third kappa shape index (κ3) is 6.00. The molecule has 1 rings (SSSR count). The minimum absolute atomic E-state index is 0.0369. The van der Waals surface area contributed by atoms with E-state index in [1.54, 1.807) is 0 Å². The van der Waals surface area contributed by atoms with Crippen LogP contribution in [-0.4, -0.2) is 16.1 Å². The van der Waals surface area contributed by atoms with Crippen LogP contribution in [0.4, 0.5) is 32.0 Å². The highest BCUT2D eigenvalue weighted by atomic mass is 32.5. The Hall–Kier alpha value is -1.16. The molecular weight excluding hydrogens is 345 g/mol. The third-order valence-electron chi connectivity index (χ3n) is 2.03. The van der Waals surface area contributed by atoms with Crippen molar-refractivity contribution in [1.29, 1.82) is 0 Å². The van der Waals surface area contributed by atoms with Crippen LogP contribution in [0.1, 0.15) is 11.1 Å². The van der Waals surface area contributed by atoms with E-state index >= 15 is 0 Å². The topological polar surface area (TPSA) is 64.8 Å². The summed E-state index contributed by atoms with van der Waals surface area (Å²) in [5, 5.41) is 1.98. The molecule has 0 atom stereocenters. The van der Waals surface area contributed by atoms with Crippen molar-refractivity contribution in [2.24, 2.45) is 4.76 Å². The van der Waals surface area contributed by atoms with Gasteiger partial charge in [-0.25, -0.2) is 0 Å². The van der Waals surface area contributed by atoms with E-state index in [2.05, 4.69) is 16.6 Å². The number of alkyl halides is 6. The second kappa shape index (κ2) is 5.91. The molecule has 0 spiro atoms. The molecule has 0 saturated heterocycles. The highest BCUT2D eigenvalue weighted by molar-refractivity contribution is 8.08. The van der Waals surface area contributed by atoms with Gasteiger partial charge in [0, 0.05) is 5.69 Å². The van der Waals surface area contributed by atoms with E-state index in [4.69, 9.17) is 9.79 Å². The van der Waals surface area contributed by atoms with Crippen molar-refractivity contribution in [1.82, 2.24) is 0 Å². The van der Waals surface area contributed by atoms with Gasteiger partial charge in [-0.05, 0) is 30.0 Å². The number of rotatable bonds is 3. The Morgan fingerprint density at radius 3 is 1.76 bits per heavy atom. The monoisotopic (exact) mass is 352 g/mol. The van der Waals surface area contributed by atoms with Crippen LogP contribution in [-0.2, 0) is 24.2 Å². The van der Waals surface area contributed by atoms with Crippen LogP contribution in [0.5, 0.6) is 0 Å². The van der Waals surface area contributed by atoms with Gasteiger partial charge in [0.2, 0.25) is 0 Å². The van der Waals surface area contributed by atoms with E-state index < -0.39 is 35.8 Å². The number of halogens is 6. The molecule has 1 aromatic rings. The van der Waals surface area contributed by atoms with Crippen molar-refractivity contribution >= 4 is 30.5 Å². The quantitative estimate of drug-likeness (QED) is 0.338. The highest BCUT2D eigenvalue weighted by Crippen LogP contribution is 2.38. The number of hydrogen-bond acceptors (Lipinski definition) is 1. The van der Waals surface area contributed by atoms with Crippen molar-refractivity contribution in [2.75, 3.05) is 5.32 Å². The summed E-state index contributed by atoms with van der Waals surface area (Å²) >= 11 is 4.09. The van der Waals surface area contributed by atoms with Gasteiger partial charge in [0.25, 0.3) is 0 Å². The van der Waals surface area contributed by atoms with Crippen molar-refractivity contribution in [3.63, 3.8) is 0 Å². The van der Waals surface area contributed by atoms with Crippen LogP contribution >= 0.6 is 6.64 Å². The van der Waals surface area contributed by atoms with E-state index in [9.17, 15) is 26.3 Å². The van der Waals surface area contributed by atoms with E-state index in [1.807, 2.05) is 5.32 Å². The smallest absolute Gasteiger partial charge is 0.346 e. The van der Waals surface area contributed by atoms with Crippen LogP contribution in [0.25, 0.3) is 0 Å². The Morgan fingerprint density at radius 1 is 1.00 bits per heavy atom. The molecule has 0 aliphatic rings. The molecule has 0 amide bonds. The first-order valence-electron chi connectivity index (χ1n) is 4.95. The van der Waals surface area contributed by atoms with Crippen LogP contribution < -0.4 is 5.32 Å². The molecular formula is C9H7F6N2O2PS. The van der Waals surface area contributed by atoms with Gasteiger partial charge in [0.05, 0.1) is 17.5 Å². The lowest BCUT2D eigenvalue weighted by Gasteiger charge is -2.14. The van der Waals surface area contributed by atoms with Gasteiger partial charge in [-0.15, -0.1) is 0 Å². The number of nitrogens with one attached hydrogen (secondary N) is 1. The lowest BCUT2D eigenvalue weighted by Crippen LogP contribution is -2.12. The third-order valence-corrected chi connectivity index (χ3v) is 2.73. The first kappa shape index (κ1) is 17.9. The van der Waals surface area contributed by atoms with E-state index in [0.29, 0.717) is 18.5 Å². The molecule has 0 radical (unpaired) electrons. The molecule has 0 heterocycles. The van der Waals surface area contributed by atoms with Crippen molar-refractivity contribution < 1.29 is 36.1 Å². The second-order valence-corrected chi connectivity index (χ2v) is 6.42. The fourth-order valence-corrected chi connectivity index (χ4v) is 1.57. The summed E-state index contributed by atoms with van der Waals surface area (Å²) in [4.78, 5) is 17.5. The summed E-state index contributed by atoms with van der Waals surface area (Å²) in [5.74, 6) is 0. The molecule has 0 fully saturated rings. The minimum atomic E-state index is -4.97. The van der Waals surface area contributed by atoms with Gasteiger partial charge >= 0.3 is 19.0 Å². The molecule has 3 N–H and O–H groups in total. The maximum atomic E-state index is 12.5. The Balaban J connectivity index is 3.20. The van der Waals surface area contributed by atoms with Crippen LogP contribution in [0, 0.1) is 0 Å². The molecule has 4 nitrogen and oxygen atoms in total. The summed E-state index contributed by atoms with van der Waals surface area (Å²) < 4.78 is 78.1. The Kier molecular flexibility index (Phi) is 5.04. The van der Waals surface area contributed by atoms with Gasteiger partial charge in [-0.3, -0.25) is 0 Å². The Morgan fingerprint density at radius 2 is 1.43 bits per heavy atom. The normalized spacial score (nSPS) is 13.7. The highest BCUT2D eigenvalue weighted by Gasteiger charge is 2.36. The number of benzene rings is 1. The lowest BCUT2D eigenvalue weighted by molar-refractivity contribution is -0.143. The summed E-state index contributed by atoms with van der Waals surface area (Å²) in [6.45, 7) is -4.00. The summed E-state index contributed by atoms with van der Waals surface area (Å²) in [6, 6.07) is 0.795. The summed E-state index contributed by atoms with van der Waals surface area (Å²) in [7, 11) is 0. The predicted molar refractivity (Wildman–Crippen MR) is 67.3 cm³/mol. The van der Waals surface area contributed by atoms with Crippen molar-refractivity contribution in [2.45, 2.75) is 12.4 Å². The maximum absolute atomic E-state index is 12.5. The second-order valence-electron chi connectivity index (χ2n) is 3.70. The number of anilines is 1. The molecule has 12 heteroatoms. The average molecular weight is 352 g/mol. The zero-order chi connectivity index (χ0) is 16.5. The van der Waals surface area contributed by atoms with Gasteiger partial charge in [0.1, 0.15) is 0 Å². The molecule has 1 aromatic carbocycles. The molecule has 118 valence electrons. The Bertz CT molecular complexity index is 563. The molecule has 0 aliphatic carbocycles. The van der Waals surface area contributed by atoms with Gasteiger partial charge in [-0.2, -0.15) is 31.1 Å². The van der Waals surface area contributed by atoms with Gasteiger partial charge in [-0.1, -0.05) is 0 Å². The SMILES string of the molecule is OP(O)(=S)N=CNc1cc(C(F)(F)F)cc(C(F)(F)F)c1. The lowest BCUT2D eigenvalue weighted by atomic mass is 10.1. The average Bonchev–Trinajstić information content (AvgIpc) is 2.24. The molecule has 0 saturated carbocycles. The van der Waals surface area contributed by atoms with E-state index in [-0.39, 0.29) is 6.07 Å². The molecule has 0 unspecified atom stereocenters. The standard InChI is InChI=1S/C9H7F6N2O2PS/c10-8(11,12)5-1-6(9(13,14)15)3-7(2-5)16-4-17-20(18,19)21/h1-4H,(H3,16,17,18,19,21). The molecule has 0 aromatic heterocycles. The van der Waals surface area contributed by atoms with Crippen LogP contribution in [0.2, 0.25) is 0 Å². The fourth-order valence-electron chi connectivity index (χ4n) is 1.22. The first-order valence-corrected chi connectivity index (χ1v) is 7.61. The van der Waals surface area contributed by atoms with Crippen molar-refractivity contribution in [3.05, 3.63) is 29.3 Å². The predicted octanol–water partition coefficient (Wildman–Crippen LogP) is 3.37. The van der Waals surface area contributed by atoms with E-state index in [1.165, 1.54) is 0 Å². The zero-order valence-corrected chi connectivity index (χ0v) is 11.5. The minimum Gasteiger partial charge on any atom is -0.346 e. The van der Waals surface area contributed by atoms with Gasteiger partial charge in [0.15, 0.2) is 0 Å². The van der Waals surface area contributed by atoms with Crippen LogP contribution in [0.15, 0.2) is 23.0 Å². The fraction of sp³-hybridized carbons (Fsp3) is 0.222. The molecule has 0 bridgehead atoms. The van der Waals surface area contributed by atoms with E-state index in [0.717, 1.165) is 0 Å². The summed E-state index contributed by atoms with van der Waals surface area (Å²) in [6.07, 6.45) is -9.43.